The minimum atomic E-state index is -3.57. The lowest BCUT2D eigenvalue weighted by Gasteiger charge is -2.23. The van der Waals surface area contributed by atoms with Crippen molar-refractivity contribution in [3.8, 4) is 0 Å². The molecule has 0 saturated carbocycles. The molecule has 0 aromatic heterocycles. The van der Waals surface area contributed by atoms with Gasteiger partial charge in [-0.05, 0) is 79.4 Å². The van der Waals surface area contributed by atoms with Crippen molar-refractivity contribution in [3.63, 3.8) is 0 Å². The van der Waals surface area contributed by atoms with Gasteiger partial charge >= 0.3 is 0 Å². The van der Waals surface area contributed by atoms with E-state index < -0.39 is 20.0 Å². The van der Waals surface area contributed by atoms with Crippen LogP contribution in [0.15, 0.2) is 77.7 Å². The molecule has 1 heterocycles. The maximum Gasteiger partial charge on any atom is 0.255 e. The number of hydrogen-bond acceptors (Lipinski definition) is 5. The molecule has 4 rings (SSSR count). The third kappa shape index (κ3) is 6.61. The average molecular weight is 556 g/mol. The Labute approximate surface area is 225 Å². The molecular formula is C28H33N3O5S2. The van der Waals surface area contributed by atoms with Gasteiger partial charge in [-0.3, -0.25) is 9.10 Å². The summed E-state index contributed by atoms with van der Waals surface area (Å²) in [7, 11) is -7.13. The lowest BCUT2D eigenvalue weighted by Crippen LogP contribution is -2.31. The van der Waals surface area contributed by atoms with Crippen LogP contribution in [0, 0.1) is 6.92 Å². The van der Waals surface area contributed by atoms with Gasteiger partial charge in [0.05, 0.1) is 23.4 Å². The lowest BCUT2D eigenvalue weighted by molar-refractivity contribution is 0.102. The molecule has 0 bridgehead atoms. The molecule has 1 fully saturated rings. The van der Waals surface area contributed by atoms with Gasteiger partial charge in [-0.2, -0.15) is 4.31 Å². The fourth-order valence-electron chi connectivity index (χ4n) is 4.47. The molecule has 0 aliphatic carbocycles. The number of aryl methyl sites for hydroxylation is 1. The van der Waals surface area contributed by atoms with Crippen molar-refractivity contribution in [1.29, 1.82) is 0 Å². The van der Waals surface area contributed by atoms with Crippen LogP contribution in [-0.4, -0.2) is 46.4 Å². The highest BCUT2D eigenvalue weighted by atomic mass is 32.2. The van der Waals surface area contributed by atoms with Crippen molar-refractivity contribution >= 4 is 37.3 Å². The second kappa shape index (κ2) is 11.7. The molecule has 10 heteroatoms. The summed E-state index contributed by atoms with van der Waals surface area (Å²) in [5, 5.41) is 2.77. The number of carbonyl (C=O) groups excluding carboxylic acids is 1. The van der Waals surface area contributed by atoms with Crippen LogP contribution >= 0.6 is 0 Å². The van der Waals surface area contributed by atoms with E-state index in [-0.39, 0.29) is 17.3 Å². The monoisotopic (exact) mass is 555 g/mol. The molecule has 0 spiro atoms. The largest absolute Gasteiger partial charge is 0.322 e. The number of nitrogens with one attached hydrogen (secondary N) is 1. The Hall–Kier alpha value is -3.21. The van der Waals surface area contributed by atoms with Crippen molar-refractivity contribution in [2.24, 2.45) is 0 Å². The topological polar surface area (TPSA) is 104 Å². The van der Waals surface area contributed by atoms with Crippen LogP contribution in [0.1, 0.15) is 47.2 Å². The van der Waals surface area contributed by atoms with Crippen molar-refractivity contribution in [2.75, 3.05) is 29.0 Å². The molecule has 3 aromatic carbocycles. The molecule has 1 aliphatic heterocycles. The maximum atomic E-state index is 13.0. The van der Waals surface area contributed by atoms with E-state index in [0.717, 1.165) is 43.1 Å². The number of sulfonamides is 2. The van der Waals surface area contributed by atoms with Gasteiger partial charge in [-0.25, -0.2) is 16.8 Å². The zero-order valence-corrected chi connectivity index (χ0v) is 23.3. The minimum Gasteiger partial charge on any atom is -0.322 e. The van der Waals surface area contributed by atoms with Gasteiger partial charge in [-0.15, -0.1) is 0 Å². The van der Waals surface area contributed by atoms with E-state index >= 15 is 0 Å². The molecule has 1 N–H and O–H groups in total. The summed E-state index contributed by atoms with van der Waals surface area (Å²) in [5.74, 6) is -0.385. The Balaban J connectivity index is 1.45. The zero-order valence-electron chi connectivity index (χ0n) is 21.6. The van der Waals surface area contributed by atoms with Crippen LogP contribution in [0.2, 0.25) is 0 Å². The van der Waals surface area contributed by atoms with E-state index in [9.17, 15) is 21.6 Å². The van der Waals surface area contributed by atoms with Gasteiger partial charge in [0.2, 0.25) is 20.0 Å². The fourth-order valence-corrected chi connectivity index (χ4v) is 6.86. The van der Waals surface area contributed by atoms with Crippen LogP contribution in [-0.2, 0) is 26.6 Å². The van der Waals surface area contributed by atoms with Gasteiger partial charge in [0.1, 0.15) is 0 Å². The van der Waals surface area contributed by atoms with Crippen molar-refractivity contribution < 1.29 is 21.6 Å². The van der Waals surface area contributed by atoms with Gasteiger partial charge in [-0.1, -0.05) is 37.1 Å². The van der Waals surface area contributed by atoms with E-state index in [2.05, 4.69) is 5.32 Å². The van der Waals surface area contributed by atoms with Crippen LogP contribution < -0.4 is 9.62 Å². The van der Waals surface area contributed by atoms with Gasteiger partial charge in [0.25, 0.3) is 5.91 Å². The Bertz CT molecular complexity index is 1480. The molecule has 38 heavy (non-hydrogen) atoms. The van der Waals surface area contributed by atoms with Crippen molar-refractivity contribution in [3.05, 3.63) is 89.5 Å². The van der Waals surface area contributed by atoms with E-state index in [1.165, 1.54) is 20.7 Å². The highest BCUT2D eigenvalue weighted by Crippen LogP contribution is 2.24. The van der Waals surface area contributed by atoms with Gasteiger partial charge < -0.3 is 5.32 Å². The molecule has 1 saturated heterocycles. The molecular weight excluding hydrogens is 522 g/mol. The third-order valence-corrected chi connectivity index (χ3v) is 9.76. The predicted molar refractivity (Wildman–Crippen MR) is 150 cm³/mol. The quantitative estimate of drug-likeness (QED) is 0.431. The van der Waals surface area contributed by atoms with Crippen LogP contribution in [0.25, 0.3) is 0 Å². The summed E-state index contributed by atoms with van der Waals surface area (Å²) in [6.07, 6.45) is 4.95. The number of hydrogen-bond donors (Lipinski definition) is 1. The Morgan fingerprint density at radius 2 is 1.45 bits per heavy atom. The van der Waals surface area contributed by atoms with Crippen molar-refractivity contribution in [2.45, 2.75) is 44.0 Å². The molecule has 0 radical (unpaired) electrons. The molecule has 0 atom stereocenters. The first-order valence-electron chi connectivity index (χ1n) is 12.6. The predicted octanol–water partition coefficient (Wildman–Crippen LogP) is 4.78. The number of carbonyl (C=O) groups is 1. The Morgan fingerprint density at radius 3 is 2.03 bits per heavy atom. The third-order valence-electron chi connectivity index (χ3n) is 6.71. The second-order valence-electron chi connectivity index (χ2n) is 9.54. The fraction of sp³-hybridized carbons (Fsp3) is 0.321. The lowest BCUT2D eigenvalue weighted by atomic mass is 10.1. The number of amides is 1. The first-order valence-corrected chi connectivity index (χ1v) is 15.9. The average Bonchev–Trinajstić information content (AvgIpc) is 3.18. The van der Waals surface area contributed by atoms with Gasteiger partial charge in [0, 0.05) is 24.3 Å². The summed E-state index contributed by atoms with van der Waals surface area (Å²) >= 11 is 0. The van der Waals surface area contributed by atoms with Crippen LogP contribution in [0.3, 0.4) is 0 Å². The van der Waals surface area contributed by atoms with E-state index in [1.54, 1.807) is 36.4 Å². The maximum absolute atomic E-state index is 13.0. The highest BCUT2D eigenvalue weighted by molar-refractivity contribution is 7.92. The molecule has 202 valence electrons. The van der Waals surface area contributed by atoms with E-state index in [4.69, 9.17) is 0 Å². The summed E-state index contributed by atoms with van der Waals surface area (Å²) in [6.45, 7) is 3.17. The van der Waals surface area contributed by atoms with Crippen LogP contribution in [0.5, 0.6) is 0 Å². The van der Waals surface area contributed by atoms with E-state index in [1.807, 2.05) is 31.2 Å². The number of rotatable bonds is 8. The number of anilines is 2. The molecule has 1 amide bonds. The van der Waals surface area contributed by atoms with Crippen molar-refractivity contribution in [1.82, 2.24) is 4.31 Å². The summed E-state index contributed by atoms with van der Waals surface area (Å²) in [4.78, 5) is 13.0. The molecule has 1 aliphatic rings. The summed E-state index contributed by atoms with van der Waals surface area (Å²) < 4.78 is 53.8. The Morgan fingerprint density at radius 1 is 0.842 bits per heavy atom. The van der Waals surface area contributed by atoms with Gasteiger partial charge in [0.15, 0.2) is 0 Å². The first kappa shape index (κ1) is 27.8. The summed E-state index contributed by atoms with van der Waals surface area (Å²) in [6, 6.07) is 20.1. The Kier molecular flexibility index (Phi) is 8.54. The minimum absolute atomic E-state index is 0.184. The normalized spacial score (nSPS) is 15.0. The zero-order chi connectivity index (χ0) is 27.3. The SMILES string of the molecule is Cc1ccccc1CN(c1ccc(C(=O)Nc2ccc(S(=O)(=O)N3CCCCCC3)cc2)cc1)S(C)(=O)=O. The van der Waals surface area contributed by atoms with Crippen LogP contribution in [0.4, 0.5) is 11.4 Å². The second-order valence-corrected chi connectivity index (χ2v) is 13.4. The summed E-state index contributed by atoms with van der Waals surface area (Å²) in [5.41, 5.74) is 3.14. The number of nitrogens with zero attached hydrogens (tertiary/aromatic N) is 2. The molecule has 0 unspecified atom stereocenters. The first-order chi connectivity index (χ1) is 18.1. The van der Waals surface area contributed by atoms with E-state index in [0.29, 0.717) is 30.0 Å². The highest BCUT2D eigenvalue weighted by Gasteiger charge is 2.25. The number of benzene rings is 3. The smallest absolute Gasteiger partial charge is 0.255 e. The molecule has 8 nitrogen and oxygen atoms in total. The standard InChI is InChI=1S/C28H33N3O5S2/c1-22-9-5-6-10-24(22)21-31(37(2,33)34)26-15-11-23(12-16-26)28(32)29-25-13-17-27(18-14-25)38(35,36)30-19-7-3-4-8-20-30/h5-6,9-18H,3-4,7-8,19-21H2,1-2H3,(H,29,32). The molecule has 3 aromatic rings.